The van der Waals surface area contributed by atoms with Crippen molar-refractivity contribution < 1.29 is 4.79 Å². The van der Waals surface area contributed by atoms with E-state index < -0.39 is 0 Å². The molecule has 104 valence electrons. The Morgan fingerprint density at radius 2 is 1.90 bits per heavy atom. The molecule has 1 heterocycles. The van der Waals surface area contributed by atoms with Crippen LogP contribution in [0.4, 0.5) is 11.4 Å². The Kier molecular flexibility index (Phi) is 4.20. The molecule has 0 unspecified atom stereocenters. The van der Waals surface area contributed by atoms with Crippen molar-refractivity contribution in [3.63, 3.8) is 0 Å². The van der Waals surface area contributed by atoms with Crippen LogP contribution < -0.4 is 16.6 Å². The van der Waals surface area contributed by atoms with Gasteiger partial charge in [0.25, 0.3) is 11.5 Å². The number of benzene rings is 1. The highest BCUT2D eigenvalue weighted by molar-refractivity contribution is 6.04. The van der Waals surface area contributed by atoms with Crippen LogP contribution in [0, 0.1) is 0 Å². The van der Waals surface area contributed by atoms with Crippen molar-refractivity contribution in [1.82, 2.24) is 4.57 Å². The predicted molar refractivity (Wildman–Crippen MR) is 79.8 cm³/mol. The molecule has 20 heavy (non-hydrogen) atoms. The number of hydrogen-bond acceptors (Lipinski definition) is 3. The number of carbonyl (C=O) groups excluding carboxylic acids is 1. The number of carbonyl (C=O) groups is 1. The maximum Gasteiger partial charge on any atom is 0.255 e. The number of hydrogen-bond donors (Lipinski definition) is 2. The van der Waals surface area contributed by atoms with E-state index in [1.165, 1.54) is 6.07 Å². The molecule has 0 atom stereocenters. The predicted octanol–water partition coefficient (Wildman–Crippen LogP) is 2.09. The Hall–Kier alpha value is -2.56. The lowest BCUT2D eigenvalue weighted by atomic mass is 10.2. The fourth-order valence-electron chi connectivity index (χ4n) is 1.86. The van der Waals surface area contributed by atoms with Gasteiger partial charge in [-0.15, -0.1) is 0 Å². The van der Waals surface area contributed by atoms with Gasteiger partial charge < -0.3 is 15.6 Å². The Bertz CT molecular complexity index is 660. The summed E-state index contributed by atoms with van der Waals surface area (Å²) >= 11 is 0. The molecular weight excluding hydrogens is 254 g/mol. The molecule has 5 heteroatoms. The van der Waals surface area contributed by atoms with Crippen LogP contribution >= 0.6 is 0 Å². The molecule has 0 bridgehead atoms. The molecule has 2 aromatic rings. The largest absolute Gasteiger partial charge is 0.399 e. The molecule has 2 rings (SSSR count). The van der Waals surface area contributed by atoms with E-state index in [4.69, 9.17) is 5.73 Å². The third-order valence-electron chi connectivity index (χ3n) is 2.88. The highest BCUT2D eigenvalue weighted by Gasteiger charge is 2.06. The Morgan fingerprint density at radius 3 is 2.55 bits per heavy atom. The molecule has 0 spiro atoms. The van der Waals surface area contributed by atoms with E-state index in [-0.39, 0.29) is 11.5 Å². The maximum absolute atomic E-state index is 12.0. The highest BCUT2D eigenvalue weighted by Crippen LogP contribution is 2.10. The van der Waals surface area contributed by atoms with Crippen LogP contribution in [-0.4, -0.2) is 10.5 Å². The van der Waals surface area contributed by atoms with Crippen molar-refractivity contribution in [2.24, 2.45) is 0 Å². The van der Waals surface area contributed by atoms with E-state index in [0.717, 1.165) is 6.42 Å². The number of nitrogen functional groups attached to an aromatic ring is 1. The van der Waals surface area contributed by atoms with Crippen molar-refractivity contribution in [2.45, 2.75) is 19.9 Å². The van der Waals surface area contributed by atoms with Crippen molar-refractivity contribution in [1.29, 1.82) is 0 Å². The Balaban J connectivity index is 2.17. The van der Waals surface area contributed by atoms with Crippen LogP contribution in [-0.2, 0) is 6.54 Å². The number of nitrogens with two attached hydrogens (primary N) is 1. The fourth-order valence-corrected chi connectivity index (χ4v) is 1.86. The van der Waals surface area contributed by atoms with Crippen LogP contribution in [0.25, 0.3) is 0 Å². The standard InChI is InChI=1S/C15H17N3O2/c1-2-9-18-10-13(7-8-14(18)19)17-15(20)11-3-5-12(16)6-4-11/h3-8,10H,2,9,16H2,1H3,(H,17,20). The maximum atomic E-state index is 12.0. The first kappa shape index (κ1) is 13.9. The summed E-state index contributed by atoms with van der Waals surface area (Å²) in [6.07, 6.45) is 2.51. The third-order valence-corrected chi connectivity index (χ3v) is 2.88. The first-order valence-electron chi connectivity index (χ1n) is 6.47. The second-order valence-corrected chi connectivity index (χ2v) is 4.53. The minimum atomic E-state index is -0.230. The molecular formula is C15H17N3O2. The third kappa shape index (κ3) is 3.26. The lowest BCUT2D eigenvalue weighted by molar-refractivity contribution is 0.102. The summed E-state index contributed by atoms with van der Waals surface area (Å²) in [5.41, 5.74) is 7.23. The number of anilines is 2. The second kappa shape index (κ2) is 6.06. The molecule has 1 amide bonds. The summed E-state index contributed by atoms with van der Waals surface area (Å²) in [6.45, 7) is 2.62. The smallest absolute Gasteiger partial charge is 0.255 e. The molecule has 0 radical (unpaired) electrons. The highest BCUT2D eigenvalue weighted by atomic mass is 16.1. The van der Waals surface area contributed by atoms with E-state index in [9.17, 15) is 9.59 Å². The van der Waals surface area contributed by atoms with Crippen molar-refractivity contribution in [2.75, 3.05) is 11.1 Å². The molecule has 0 aliphatic heterocycles. The summed E-state index contributed by atoms with van der Waals surface area (Å²) in [5.74, 6) is -0.230. The van der Waals surface area contributed by atoms with Gasteiger partial charge in [-0.3, -0.25) is 9.59 Å². The monoisotopic (exact) mass is 271 g/mol. The van der Waals surface area contributed by atoms with Gasteiger partial charge in [0.15, 0.2) is 0 Å². The molecule has 1 aromatic heterocycles. The van der Waals surface area contributed by atoms with Crippen molar-refractivity contribution >= 4 is 17.3 Å². The van der Waals surface area contributed by atoms with Gasteiger partial charge in [-0.05, 0) is 36.8 Å². The Labute approximate surface area is 117 Å². The molecule has 0 aliphatic carbocycles. The SMILES string of the molecule is CCCn1cc(NC(=O)c2ccc(N)cc2)ccc1=O. The fraction of sp³-hybridized carbons (Fsp3) is 0.200. The molecule has 0 saturated carbocycles. The minimum Gasteiger partial charge on any atom is -0.399 e. The summed E-state index contributed by atoms with van der Waals surface area (Å²) in [6, 6.07) is 9.72. The number of nitrogens with one attached hydrogen (secondary N) is 1. The van der Waals surface area contributed by atoms with Crippen LogP contribution in [0.5, 0.6) is 0 Å². The average molecular weight is 271 g/mol. The van der Waals surface area contributed by atoms with E-state index >= 15 is 0 Å². The molecule has 0 fully saturated rings. The second-order valence-electron chi connectivity index (χ2n) is 4.53. The number of rotatable bonds is 4. The van der Waals surface area contributed by atoms with Crippen molar-refractivity contribution in [3.05, 3.63) is 58.5 Å². The zero-order valence-corrected chi connectivity index (χ0v) is 11.3. The van der Waals surface area contributed by atoms with Gasteiger partial charge >= 0.3 is 0 Å². The zero-order valence-electron chi connectivity index (χ0n) is 11.3. The topological polar surface area (TPSA) is 77.1 Å². The molecule has 1 aromatic carbocycles. The van der Waals surface area contributed by atoms with Gasteiger partial charge in [-0.25, -0.2) is 0 Å². The quantitative estimate of drug-likeness (QED) is 0.836. The number of nitrogens with zero attached hydrogens (tertiary/aromatic N) is 1. The van der Waals surface area contributed by atoms with Crippen LogP contribution in [0.3, 0.4) is 0 Å². The average Bonchev–Trinajstić information content (AvgIpc) is 2.43. The van der Waals surface area contributed by atoms with Gasteiger partial charge in [-0.1, -0.05) is 6.92 Å². The van der Waals surface area contributed by atoms with Gasteiger partial charge in [0.05, 0.1) is 5.69 Å². The summed E-state index contributed by atoms with van der Waals surface area (Å²) < 4.78 is 1.58. The Morgan fingerprint density at radius 1 is 1.20 bits per heavy atom. The van der Waals surface area contributed by atoms with Gasteiger partial charge in [-0.2, -0.15) is 0 Å². The lowest BCUT2D eigenvalue weighted by Gasteiger charge is -2.09. The normalized spacial score (nSPS) is 10.2. The molecule has 5 nitrogen and oxygen atoms in total. The molecule has 0 aliphatic rings. The van der Waals surface area contributed by atoms with E-state index in [0.29, 0.717) is 23.5 Å². The number of pyridine rings is 1. The minimum absolute atomic E-state index is 0.0719. The first-order valence-corrected chi connectivity index (χ1v) is 6.47. The van der Waals surface area contributed by atoms with Gasteiger partial charge in [0.2, 0.25) is 0 Å². The van der Waals surface area contributed by atoms with Gasteiger partial charge in [0, 0.05) is 30.1 Å². The van der Waals surface area contributed by atoms with E-state index in [1.807, 2.05) is 6.92 Å². The summed E-state index contributed by atoms with van der Waals surface area (Å²) in [5, 5.41) is 2.76. The molecule has 0 saturated heterocycles. The van der Waals surface area contributed by atoms with E-state index in [2.05, 4.69) is 5.32 Å². The number of amides is 1. The van der Waals surface area contributed by atoms with Crippen LogP contribution in [0.15, 0.2) is 47.4 Å². The first-order chi connectivity index (χ1) is 9.60. The lowest BCUT2D eigenvalue weighted by Crippen LogP contribution is -2.20. The summed E-state index contributed by atoms with van der Waals surface area (Å²) in [4.78, 5) is 23.6. The van der Waals surface area contributed by atoms with Crippen molar-refractivity contribution in [3.8, 4) is 0 Å². The summed E-state index contributed by atoms with van der Waals surface area (Å²) in [7, 11) is 0. The van der Waals surface area contributed by atoms with Gasteiger partial charge in [0.1, 0.15) is 0 Å². The zero-order chi connectivity index (χ0) is 14.5. The molecule has 3 N–H and O–H groups in total. The number of aryl methyl sites for hydroxylation is 1. The van der Waals surface area contributed by atoms with Crippen LogP contribution in [0.2, 0.25) is 0 Å². The van der Waals surface area contributed by atoms with E-state index in [1.54, 1.807) is 41.1 Å². The number of aromatic nitrogens is 1. The van der Waals surface area contributed by atoms with Crippen LogP contribution in [0.1, 0.15) is 23.7 Å².